The van der Waals surface area contributed by atoms with Crippen LogP contribution in [0.4, 0.5) is 0 Å². The quantitative estimate of drug-likeness (QED) is 0.392. The van der Waals surface area contributed by atoms with E-state index in [-0.39, 0.29) is 5.60 Å². The monoisotopic (exact) mass is 133 g/mol. The molecule has 0 rings (SSSR count). The average molecular weight is 133 g/mol. The van der Waals surface area contributed by atoms with Crippen LogP contribution in [0.5, 0.6) is 0 Å². The summed E-state index contributed by atoms with van der Waals surface area (Å²) in [6, 6.07) is 0.294. The maximum Gasteiger partial charge on any atom is 0.129 e. The normalized spacial score (nSPS) is 15.7. The molecule has 0 saturated carbocycles. The van der Waals surface area contributed by atoms with Gasteiger partial charge in [-0.25, -0.2) is 0 Å². The lowest BCUT2D eigenvalue weighted by molar-refractivity contribution is -0.711. The molecule has 1 unspecified atom stereocenters. The third-order valence-corrected chi connectivity index (χ3v) is 1.91. The summed E-state index contributed by atoms with van der Waals surface area (Å²) in [5.74, 6) is 5.33. The van der Waals surface area contributed by atoms with E-state index in [4.69, 9.17) is 10.6 Å². The van der Waals surface area contributed by atoms with Crippen LogP contribution in [0.1, 0.15) is 20.8 Å². The lowest BCUT2D eigenvalue weighted by Crippen LogP contribution is -2.99. The van der Waals surface area contributed by atoms with E-state index in [1.807, 2.05) is 20.8 Å². The van der Waals surface area contributed by atoms with Crippen molar-refractivity contribution in [2.24, 2.45) is 5.84 Å². The molecule has 0 bridgehead atoms. The van der Waals surface area contributed by atoms with Crippen molar-refractivity contribution in [2.75, 3.05) is 7.11 Å². The molecule has 0 aromatic rings. The lowest BCUT2D eigenvalue weighted by Gasteiger charge is -2.26. The minimum absolute atomic E-state index is 0.130. The molecule has 0 amide bonds. The highest BCUT2D eigenvalue weighted by Crippen LogP contribution is 2.08. The van der Waals surface area contributed by atoms with E-state index in [1.54, 1.807) is 12.5 Å². The predicted molar refractivity (Wildman–Crippen MR) is 36.7 cm³/mol. The fraction of sp³-hybridized carbons (Fsp3) is 1.00. The van der Waals surface area contributed by atoms with Crippen molar-refractivity contribution in [3.05, 3.63) is 0 Å². The summed E-state index contributed by atoms with van der Waals surface area (Å²) in [5.41, 5.74) is 1.53. The van der Waals surface area contributed by atoms with Crippen LogP contribution in [0.15, 0.2) is 0 Å². The van der Waals surface area contributed by atoms with Crippen LogP contribution in [-0.2, 0) is 4.74 Å². The first-order valence-corrected chi connectivity index (χ1v) is 3.15. The van der Waals surface area contributed by atoms with Gasteiger partial charge in [-0.2, -0.15) is 5.84 Å². The molecule has 0 aliphatic rings. The van der Waals surface area contributed by atoms with Gasteiger partial charge in [-0.15, -0.1) is 0 Å². The molecule has 0 fully saturated rings. The van der Waals surface area contributed by atoms with Crippen molar-refractivity contribution in [3.63, 3.8) is 0 Å². The number of quaternary nitrogens is 1. The number of ether oxygens (including phenoxy) is 1. The van der Waals surface area contributed by atoms with Crippen molar-refractivity contribution in [1.82, 2.24) is 0 Å². The Bertz CT molecular complexity index is 83.1. The van der Waals surface area contributed by atoms with Gasteiger partial charge in [0.05, 0.1) is 0 Å². The number of hydrogen-bond donors (Lipinski definition) is 2. The molecule has 0 heterocycles. The minimum atomic E-state index is -0.130. The van der Waals surface area contributed by atoms with E-state index in [0.717, 1.165) is 0 Å². The summed E-state index contributed by atoms with van der Waals surface area (Å²) in [7, 11) is 1.69. The van der Waals surface area contributed by atoms with Crippen LogP contribution in [0.2, 0.25) is 0 Å². The van der Waals surface area contributed by atoms with Crippen LogP contribution in [-0.4, -0.2) is 18.8 Å². The molecular formula is C6H17N2O+. The first-order chi connectivity index (χ1) is 4.04. The summed E-state index contributed by atoms with van der Waals surface area (Å²) >= 11 is 0. The van der Waals surface area contributed by atoms with E-state index < -0.39 is 0 Å². The highest BCUT2D eigenvalue weighted by molar-refractivity contribution is 4.72. The molecule has 3 nitrogen and oxygen atoms in total. The third-order valence-electron chi connectivity index (χ3n) is 1.91. The lowest BCUT2D eigenvalue weighted by atomic mass is 10.0. The van der Waals surface area contributed by atoms with Gasteiger partial charge in [-0.3, -0.25) is 5.43 Å². The average Bonchev–Trinajstić information content (AvgIpc) is 1.86. The Kier molecular flexibility index (Phi) is 3.11. The SMILES string of the molecule is COC(C)(C)C(C)[NH2+]N. The van der Waals surface area contributed by atoms with Gasteiger partial charge in [-0.1, -0.05) is 0 Å². The van der Waals surface area contributed by atoms with Gasteiger partial charge in [0.25, 0.3) is 0 Å². The summed E-state index contributed by atoms with van der Waals surface area (Å²) in [4.78, 5) is 0. The Morgan fingerprint density at radius 2 is 2.00 bits per heavy atom. The number of nitrogens with two attached hydrogens (primary N) is 2. The fourth-order valence-corrected chi connectivity index (χ4v) is 0.418. The molecule has 1 atom stereocenters. The first kappa shape index (κ1) is 8.88. The van der Waals surface area contributed by atoms with Crippen molar-refractivity contribution in [2.45, 2.75) is 32.4 Å². The fourth-order valence-electron chi connectivity index (χ4n) is 0.418. The zero-order valence-corrected chi connectivity index (χ0v) is 6.64. The van der Waals surface area contributed by atoms with Gasteiger partial charge < -0.3 is 4.74 Å². The molecule has 0 aromatic heterocycles. The van der Waals surface area contributed by atoms with Crippen LogP contribution < -0.4 is 11.3 Å². The zero-order valence-electron chi connectivity index (χ0n) is 6.64. The van der Waals surface area contributed by atoms with Crippen LogP contribution in [0.25, 0.3) is 0 Å². The second-order valence-corrected chi connectivity index (χ2v) is 2.79. The summed E-state index contributed by atoms with van der Waals surface area (Å²) in [5, 5.41) is 0. The minimum Gasteiger partial charge on any atom is -0.373 e. The van der Waals surface area contributed by atoms with E-state index in [0.29, 0.717) is 6.04 Å². The van der Waals surface area contributed by atoms with E-state index in [2.05, 4.69) is 0 Å². The highest BCUT2D eigenvalue weighted by Gasteiger charge is 2.27. The van der Waals surface area contributed by atoms with Gasteiger partial charge in [0.15, 0.2) is 0 Å². The van der Waals surface area contributed by atoms with Crippen LogP contribution >= 0.6 is 0 Å². The maximum atomic E-state index is 5.33. The van der Waals surface area contributed by atoms with Gasteiger partial charge in [-0.05, 0) is 20.8 Å². The number of hydrogen-bond acceptors (Lipinski definition) is 2. The molecule has 3 heteroatoms. The number of rotatable bonds is 3. The first-order valence-electron chi connectivity index (χ1n) is 3.15. The Balaban J connectivity index is 3.80. The molecule has 56 valence electrons. The maximum absolute atomic E-state index is 5.33. The Morgan fingerprint density at radius 3 is 2.11 bits per heavy atom. The Hall–Kier alpha value is -0.120. The van der Waals surface area contributed by atoms with Gasteiger partial charge in [0.1, 0.15) is 11.6 Å². The van der Waals surface area contributed by atoms with Crippen molar-refractivity contribution < 1.29 is 10.2 Å². The molecule has 4 N–H and O–H groups in total. The molecule has 0 spiro atoms. The smallest absolute Gasteiger partial charge is 0.129 e. The second-order valence-electron chi connectivity index (χ2n) is 2.79. The Morgan fingerprint density at radius 1 is 1.56 bits per heavy atom. The standard InChI is InChI=1S/C6H16N2O/c1-5(8-7)6(2,3)9-4/h5,8H,7H2,1-4H3/p+1. The van der Waals surface area contributed by atoms with Crippen molar-refractivity contribution in [1.29, 1.82) is 0 Å². The third kappa shape index (κ3) is 2.30. The topological polar surface area (TPSA) is 51.9 Å². The zero-order chi connectivity index (χ0) is 7.49. The Labute approximate surface area is 56.5 Å². The highest BCUT2D eigenvalue weighted by atomic mass is 16.5. The predicted octanol–water partition coefficient (Wildman–Crippen LogP) is -0.763. The van der Waals surface area contributed by atoms with Crippen molar-refractivity contribution in [3.8, 4) is 0 Å². The van der Waals surface area contributed by atoms with Crippen LogP contribution in [0.3, 0.4) is 0 Å². The van der Waals surface area contributed by atoms with Crippen molar-refractivity contribution >= 4 is 0 Å². The number of methoxy groups -OCH3 is 1. The summed E-state index contributed by atoms with van der Waals surface area (Å²) in [6.07, 6.45) is 0. The largest absolute Gasteiger partial charge is 0.373 e. The molecular weight excluding hydrogens is 116 g/mol. The molecule has 0 aromatic carbocycles. The molecule has 9 heavy (non-hydrogen) atoms. The molecule has 0 aliphatic carbocycles. The second kappa shape index (κ2) is 3.15. The molecule has 0 saturated heterocycles. The van der Waals surface area contributed by atoms with Gasteiger partial charge >= 0.3 is 0 Å². The summed E-state index contributed by atoms with van der Waals surface area (Å²) < 4.78 is 5.18. The molecule has 0 radical (unpaired) electrons. The summed E-state index contributed by atoms with van der Waals surface area (Å²) in [6.45, 7) is 6.06. The van der Waals surface area contributed by atoms with Gasteiger partial charge in [0, 0.05) is 7.11 Å². The van der Waals surface area contributed by atoms with Crippen LogP contribution in [0, 0.1) is 0 Å². The van der Waals surface area contributed by atoms with E-state index in [9.17, 15) is 0 Å². The van der Waals surface area contributed by atoms with Gasteiger partial charge in [0.2, 0.25) is 0 Å². The molecule has 0 aliphatic heterocycles. The van der Waals surface area contributed by atoms with E-state index in [1.165, 1.54) is 0 Å². The van der Waals surface area contributed by atoms with E-state index >= 15 is 0 Å².